The Kier molecular flexibility index (Phi) is 3.89. The van der Waals surface area contributed by atoms with Crippen molar-refractivity contribution in [2.45, 2.75) is 37.3 Å². The lowest BCUT2D eigenvalue weighted by Gasteiger charge is -2.14. The van der Waals surface area contributed by atoms with Crippen LogP contribution >= 0.6 is 0 Å². The average molecular weight is 291 g/mol. The summed E-state index contributed by atoms with van der Waals surface area (Å²) in [6, 6.07) is 1.41. The van der Waals surface area contributed by atoms with Crippen LogP contribution in [0.5, 0.6) is 0 Å². The van der Waals surface area contributed by atoms with Crippen LogP contribution in [0.3, 0.4) is 0 Å². The second kappa shape index (κ2) is 5.15. The summed E-state index contributed by atoms with van der Waals surface area (Å²) in [5.74, 6) is -2.46. The number of hydrogen-bond donors (Lipinski definition) is 2. The average Bonchev–Trinajstić information content (AvgIpc) is 3.15. The van der Waals surface area contributed by atoms with Gasteiger partial charge in [0.1, 0.15) is 4.90 Å². The molecule has 0 saturated heterocycles. The maximum absolute atomic E-state index is 13.6. The van der Waals surface area contributed by atoms with E-state index in [1.807, 2.05) is 0 Å². The molecule has 1 aliphatic rings. The Labute approximate surface area is 110 Å². The van der Waals surface area contributed by atoms with Gasteiger partial charge in [-0.3, -0.25) is 0 Å². The third-order valence-electron chi connectivity index (χ3n) is 3.20. The summed E-state index contributed by atoms with van der Waals surface area (Å²) in [6.45, 7) is 1.14. The van der Waals surface area contributed by atoms with Crippen LogP contribution in [0.1, 0.15) is 25.3 Å². The van der Waals surface area contributed by atoms with Crippen LogP contribution in [-0.2, 0) is 16.6 Å². The first kappa shape index (κ1) is 14.4. The lowest BCUT2D eigenvalue weighted by Crippen LogP contribution is -2.34. The fraction of sp³-hybridized carbons (Fsp3) is 0.500. The molecule has 0 spiro atoms. The molecule has 0 radical (unpaired) electrons. The van der Waals surface area contributed by atoms with E-state index < -0.39 is 33.2 Å². The maximum Gasteiger partial charge on any atom is 0.243 e. The molecule has 1 saturated carbocycles. The lowest BCUT2D eigenvalue weighted by molar-refractivity contribution is 0.280. The van der Waals surface area contributed by atoms with Crippen molar-refractivity contribution in [2.75, 3.05) is 0 Å². The first-order valence-electron chi connectivity index (χ1n) is 5.96. The molecule has 0 aliphatic heterocycles. The normalized spacial score (nSPS) is 17.5. The molecule has 0 amide bonds. The Morgan fingerprint density at radius 1 is 1.42 bits per heavy atom. The number of aliphatic hydroxyl groups excluding tert-OH is 1. The van der Waals surface area contributed by atoms with Gasteiger partial charge >= 0.3 is 0 Å². The molecule has 2 rings (SSSR count). The zero-order valence-electron chi connectivity index (χ0n) is 10.4. The number of nitrogens with one attached hydrogen (secondary N) is 1. The van der Waals surface area contributed by atoms with Gasteiger partial charge in [0.15, 0.2) is 11.6 Å². The molecular formula is C12H15F2NO3S. The predicted octanol–water partition coefficient (Wildman–Crippen LogP) is 1.53. The minimum atomic E-state index is -4.13. The van der Waals surface area contributed by atoms with Crippen LogP contribution in [0, 0.1) is 17.6 Å². The molecule has 19 heavy (non-hydrogen) atoms. The second-order valence-corrected chi connectivity index (χ2v) is 6.48. The van der Waals surface area contributed by atoms with E-state index in [4.69, 9.17) is 5.11 Å². The van der Waals surface area contributed by atoms with Crippen molar-refractivity contribution in [3.8, 4) is 0 Å². The van der Waals surface area contributed by atoms with Crippen molar-refractivity contribution in [3.05, 3.63) is 29.3 Å². The van der Waals surface area contributed by atoms with Gasteiger partial charge in [-0.25, -0.2) is 21.9 Å². The van der Waals surface area contributed by atoms with Gasteiger partial charge in [0.25, 0.3) is 0 Å². The van der Waals surface area contributed by atoms with Crippen LogP contribution in [0.2, 0.25) is 0 Å². The van der Waals surface area contributed by atoms with Gasteiger partial charge in [0.2, 0.25) is 10.0 Å². The van der Waals surface area contributed by atoms with Crippen molar-refractivity contribution in [1.29, 1.82) is 0 Å². The quantitative estimate of drug-likeness (QED) is 0.864. The van der Waals surface area contributed by atoms with Gasteiger partial charge in [-0.2, -0.15) is 0 Å². The molecule has 1 aromatic carbocycles. The first-order valence-corrected chi connectivity index (χ1v) is 7.44. The molecule has 1 fully saturated rings. The topological polar surface area (TPSA) is 66.4 Å². The van der Waals surface area contributed by atoms with E-state index in [2.05, 4.69) is 4.72 Å². The number of aliphatic hydroxyl groups is 1. The standard InChI is InChI=1S/C12H15F2NO3S/c1-7(9-2-3-9)15-19(17,18)11-5-8(6-16)4-10(13)12(11)14/h4-5,7,9,15-16H,2-3,6H2,1H3. The summed E-state index contributed by atoms with van der Waals surface area (Å²) in [4.78, 5) is -0.760. The molecule has 7 heteroatoms. The Morgan fingerprint density at radius 3 is 2.58 bits per heavy atom. The van der Waals surface area contributed by atoms with Gasteiger partial charge in [0, 0.05) is 6.04 Å². The first-order chi connectivity index (χ1) is 8.85. The molecule has 4 nitrogen and oxygen atoms in total. The minimum Gasteiger partial charge on any atom is -0.392 e. The Hall–Kier alpha value is -1.05. The highest BCUT2D eigenvalue weighted by Gasteiger charge is 2.32. The second-order valence-electron chi connectivity index (χ2n) is 4.80. The van der Waals surface area contributed by atoms with E-state index in [1.165, 1.54) is 0 Å². The van der Waals surface area contributed by atoms with Crippen LogP contribution in [0.4, 0.5) is 8.78 Å². The molecule has 0 bridgehead atoms. The number of rotatable bonds is 5. The lowest BCUT2D eigenvalue weighted by atomic mass is 10.2. The van der Waals surface area contributed by atoms with E-state index in [1.54, 1.807) is 6.92 Å². The number of sulfonamides is 1. The fourth-order valence-corrected chi connectivity index (χ4v) is 3.35. The summed E-state index contributed by atoms with van der Waals surface area (Å²) in [7, 11) is -4.13. The molecule has 1 aromatic rings. The summed E-state index contributed by atoms with van der Waals surface area (Å²) in [5, 5.41) is 8.92. The maximum atomic E-state index is 13.6. The van der Waals surface area contributed by atoms with Crippen LogP contribution < -0.4 is 4.72 Å². The number of halogens is 2. The van der Waals surface area contributed by atoms with Gasteiger partial charge in [0.05, 0.1) is 6.61 Å². The molecule has 0 heterocycles. The number of benzene rings is 1. The van der Waals surface area contributed by atoms with Crippen molar-refractivity contribution < 1.29 is 22.3 Å². The van der Waals surface area contributed by atoms with E-state index in [-0.39, 0.29) is 17.5 Å². The highest BCUT2D eigenvalue weighted by Crippen LogP contribution is 2.33. The predicted molar refractivity (Wildman–Crippen MR) is 64.8 cm³/mol. The molecule has 0 aromatic heterocycles. The third-order valence-corrected chi connectivity index (χ3v) is 4.76. The van der Waals surface area contributed by atoms with Crippen LogP contribution in [0.25, 0.3) is 0 Å². The highest BCUT2D eigenvalue weighted by molar-refractivity contribution is 7.89. The summed E-state index contributed by atoms with van der Waals surface area (Å²) >= 11 is 0. The molecule has 1 unspecified atom stereocenters. The smallest absolute Gasteiger partial charge is 0.243 e. The van der Waals surface area contributed by atoms with Crippen LogP contribution in [-0.4, -0.2) is 19.6 Å². The minimum absolute atomic E-state index is 0.0124. The van der Waals surface area contributed by atoms with Crippen molar-refractivity contribution in [1.82, 2.24) is 4.72 Å². The summed E-state index contributed by atoms with van der Waals surface area (Å²) in [6.07, 6.45) is 1.86. The Morgan fingerprint density at radius 2 is 2.05 bits per heavy atom. The van der Waals surface area contributed by atoms with E-state index >= 15 is 0 Å². The Balaban J connectivity index is 2.35. The SMILES string of the molecule is CC(NS(=O)(=O)c1cc(CO)cc(F)c1F)C1CC1. The van der Waals surface area contributed by atoms with Crippen molar-refractivity contribution in [3.63, 3.8) is 0 Å². The summed E-state index contributed by atoms with van der Waals surface area (Å²) < 4.78 is 53.3. The van der Waals surface area contributed by atoms with Crippen LogP contribution in [0.15, 0.2) is 17.0 Å². The Bertz CT molecular complexity index is 585. The molecule has 1 aliphatic carbocycles. The van der Waals surface area contributed by atoms with Crippen molar-refractivity contribution in [2.24, 2.45) is 5.92 Å². The van der Waals surface area contributed by atoms with E-state index in [0.717, 1.165) is 25.0 Å². The van der Waals surface area contributed by atoms with Gasteiger partial charge in [-0.15, -0.1) is 0 Å². The zero-order chi connectivity index (χ0) is 14.2. The monoisotopic (exact) mass is 291 g/mol. The molecule has 106 valence electrons. The van der Waals surface area contributed by atoms with Gasteiger partial charge < -0.3 is 5.11 Å². The summed E-state index contributed by atoms with van der Waals surface area (Å²) in [5.41, 5.74) is 0.0124. The molecular weight excluding hydrogens is 276 g/mol. The highest BCUT2D eigenvalue weighted by atomic mass is 32.2. The van der Waals surface area contributed by atoms with Crippen molar-refractivity contribution >= 4 is 10.0 Å². The van der Waals surface area contributed by atoms with E-state index in [0.29, 0.717) is 0 Å². The fourth-order valence-electron chi connectivity index (χ4n) is 1.90. The molecule has 1 atom stereocenters. The van der Waals surface area contributed by atoms with E-state index in [9.17, 15) is 17.2 Å². The number of hydrogen-bond acceptors (Lipinski definition) is 3. The van der Waals surface area contributed by atoms with Gasteiger partial charge in [-0.1, -0.05) is 0 Å². The third kappa shape index (κ3) is 3.10. The molecule has 2 N–H and O–H groups in total. The van der Waals surface area contributed by atoms with Gasteiger partial charge in [-0.05, 0) is 43.4 Å². The largest absolute Gasteiger partial charge is 0.392 e. The zero-order valence-corrected chi connectivity index (χ0v) is 11.2.